The molecule has 2 aromatic rings. The Kier molecular flexibility index (Phi) is 2.99. The van der Waals surface area contributed by atoms with Gasteiger partial charge in [-0.3, -0.25) is 0 Å². The molecule has 86 valence electrons. The summed E-state index contributed by atoms with van der Waals surface area (Å²) in [6, 6.07) is 0. The molecule has 0 aliphatic carbocycles. The molecule has 0 saturated heterocycles. The SMILES string of the molecule is CNc1nc(-c2scnc2C(C)(C)C)cs1. The molecule has 5 heteroatoms. The molecular weight excluding hydrogens is 238 g/mol. The Bertz CT molecular complexity index is 479. The Hall–Kier alpha value is -0.940. The van der Waals surface area contributed by atoms with Crippen molar-refractivity contribution in [1.82, 2.24) is 9.97 Å². The fraction of sp³-hybridized carbons (Fsp3) is 0.455. The average Bonchev–Trinajstić information content (AvgIpc) is 2.84. The number of rotatable bonds is 2. The van der Waals surface area contributed by atoms with E-state index < -0.39 is 0 Å². The van der Waals surface area contributed by atoms with E-state index in [1.807, 2.05) is 12.6 Å². The zero-order valence-electron chi connectivity index (χ0n) is 9.87. The molecule has 0 aromatic carbocycles. The standard InChI is InChI=1S/C11H15N3S2/c1-11(2,3)9-8(16-6-13-9)7-5-15-10(12-4)14-7/h5-6H,1-4H3,(H,12,14). The average molecular weight is 253 g/mol. The van der Waals surface area contributed by atoms with Crippen LogP contribution in [0.2, 0.25) is 0 Å². The van der Waals surface area contributed by atoms with Gasteiger partial charge < -0.3 is 5.32 Å². The molecule has 0 atom stereocenters. The van der Waals surface area contributed by atoms with Gasteiger partial charge >= 0.3 is 0 Å². The van der Waals surface area contributed by atoms with Gasteiger partial charge in [-0.2, -0.15) is 0 Å². The highest BCUT2D eigenvalue weighted by molar-refractivity contribution is 7.15. The van der Waals surface area contributed by atoms with E-state index >= 15 is 0 Å². The summed E-state index contributed by atoms with van der Waals surface area (Å²) in [4.78, 5) is 10.2. The van der Waals surface area contributed by atoms with Crippen LogP contribution in [0, 0.1) is 0 Å². The van der Waals surface area contributed by atoms with Gasteiger partial charge in [0, 0.05) is 17.8 Å². The van der Waals surface area contributed by atoms with E-state index in [0.29, 0.717) is 0 Å². The van der Waals surface area contributed by atoms with E-state index in [1.165, 1.54) is 4.88 Å². The van der Waals surface area contributed by atoms with Gasteiger partial charge in [0.25, 0.3) is 0 Å². The highest BCUT2D eigenvalue weighted by Crippen LogP contribution is 2.36. The summed E-state index contributed by atoms with van der Waals surface area (Å²) in [6.45, 7) is 6.53. The van der Waals surface area contributed by atoms with Crippen LogP contribution in [-0.2, 0) is 5.41 Å². The van der Waals surface area contributed by atoms with E-state index in [-0.39, 0.29) is 5.41 Å². The lowest BCUT2D eigenvalue weighted by atomic mass is 9.91. The van der Waals surface area contributed by atoms with E-state index in [1.54, 1.807) is 22.7 Å². The molecule has 0 aliphatic rings. The van der Waals surface area contributed by atoms with Crippen molar-refractivity contribution in [2.45, 2.75) is 26.2 Å². The van der Waals surface area contributed by atoms with Crippen molar-refractivity contribution in [2.75, 3.05) is 12.4 Å². The number of hydrogen-bond acceptors (Lipinski definition) is 5. The molecule has 0 fully saturated rings. The maximum Gasteiger partial charge on any atom is 0.182 e. The molecule has 2 rings (SSSR count). The third-order valence-electron chi connectivity index (χ3n) is 2.23. The molecule has 0 radical (unpaired) electrons. The van der Waals surface area contributed by atoms with E-state index in [4.69, 9.17) is 0 Å². The van der Waals surface area contributed by atoms with Crippen LogP contribution in [0.4, 0.5) is 5.13 Å². The minimum atomic E-state index is 0.0682. The third-order valence-corrected chi connectivity index (χ3v) is 3.94. The second kappa shape index (κ2) is 4.14. The molecule has 0 bridgehead atoms. The molecule has 0 unspecified atom stereocenters. The minimum Gasteiger partial charge on any atom is -0.365 e. The largest absolute Gasteiger partial charge is 0.365 e. The summed E-state index contributed by atoms with van der Waals surface area (Å²) in [5.41, 5.74) is 4.12. The van der Waals surface area contributed by atoms with Crippen LogP contribution in [0.3, 0.4) is 0 Å². The molecule has 0 saturated carbocycles. The number of hydrogen-bond donors (Lipinski definition) is 1. The number of anilines is 1. The predicted molar refractivity (Wildman–Crippen MR) is 71.5 cm³/mol. The Morgan fingerprint density at radius 1 is 1.25 bits per heavy atom. The van der Waals surface area contributed by atoms with E-state index in [9.17, 15) is 0 Å². The van der Waals surface area contributed by atoms with Crippen molar-refractivity contribution in [3.05, 3.63) is 16.6 Å². The van der Waals surface area contributed by atoms with Crippen molar-refractivity contribution < 1.29 is 0 Å². The molecule has 1 N–H and O–H groups in total. The molecule has 16 heavy (non-hydrogen) atoms. The Balaban J connectivity index is 2.44. The first-order valence-corrected chi connectivity index (χ1v) is 6.86. The zero-order valence-corrected chi connectivity index (χ0v) is 11.5. The first-order chi connectivity index (χ1) is 7.52. The predicted octanol–water partition coefficient (Wildman–Crippen LogP) is 3.61. The lowest BCUT2D eigenvalue weighted by Gasteiger charge is -2.16. The Morgan fingerprint density at radius 3 is 2.56 bits per heavy atom. The number of thiazole rings is 2. The molecule has 2 heterocycles. The van der Waals surface area contributed by atoms with Gasteiger partial charge in [0.2, 0.25) is 0 Å². The van der Waals surface area contributed by atoms with Gasteiger partial charge in [-0.05, 0) is 0 Å². The van der Waals surface area contributed by atoms with Crippen LogP contribution in [0.1, 0.15) is 26.5 Å². The van der Waals surface area contributed by atoms with Gasteiger partial charge in [0.05, 0.1) is 21.8 Å². The third kappa shape index (κ3) is 2.10. The first-order valence-electron chi connectivity index (χ1n) is 5.10. The van der Waals surface area contributed by atoms with E-state index in [2.05, 4.69) is 41.4 Å². The second-order valence-corrected chi connectivity index (χ2v) is 6.28. The maximum absolute atomic E-state index is 4.52. The molecule has 0 spiro atoms. The highest BCUT2D eigenvalue weighted by Gasteiger charge is 2.22. The highest BCUT2D eigenvalue weighted by atomic mass is 32.1. The van der Waals surface area contributed by atoms with Crippen LogP contribution >= 0.6 is 22.7 Å². The lowest BCUT2D eigenvalue weighted by Crippen LogP contribution is -2.12. The smallest absolute Gasteiger partial charge is 0.182 e. The summed E-state index contributed by atoms with van der Waals surface area (Å²) >= 11 is 3.28. The molecule has 0 amide bonds. The molecule has 0 aliphatic heterocycles. The van der Waals surface area contributed by atoms with Crippen LogP contribution in [0.25, 0.3) is 10.6 Å². The summed E-state index contributed by atoms with van der Waals surface area (Å²) in [6.07, 6.45) is 0. The fourth-order valence-electron chi connectivity index (χ4n) is 1.45. The van der Waals surface area contributed by atoms with Crippen molar-refractivity contribution in [3.63, 3.8) is 0 Å². The van der Waals surface area contributed by atoms with Crippen LogP contribution in [-0.4, -0.2) is 17.0 Å². The summed E-state index contributed by atoms with van der Waals surface area (Å²) in [7, 11) is 1.89. The van der Waals surface area contributed by atoms with E-state index in [0.717, 1.165) is 16.5 Å². The molecular formula is C11H15N3S2. The first kappa shape index (κ1) is 11.5. The van der Waals surface area contributed by atoms with Gasteiger partial charge in [0.15, 0.2) is 5.13 Å². The fourth-order valence-corrected chi connectivity index (χ4v) is 3.15. The molecule has 3 nitrogen and oxygen atoms in total. The van der Waals surface area contributed by atoms with Crippen LogP contribution < -0.4 is 5.32 Å². The van der Waals surface area contributed by atoms with Gasteiger partial charge in [-0.15, -0.1) is 22.7 Å². The van der Waals surface area contributed by atoms with Crippen molar-refractivity contribution in [1.29, 1.82) is 0 Å². The number of nitrogens with zero attached hydrogens (tertiary/aromatic N) is 2. The van der Waals surface area contributed by atoms with Crippen molar-refractivity contribution in [2.24, 2.45) is 0 Å². The summed E-state index contributed by atoms with van der Waals surface area (Å²) in [5, 5.41) is 6.08. The Morgan fingerprint density at radius 2 is 2.00 bits per heavy atom. The van der Waals surface area contributed by atoms with Gasteiger partial charge in [-0.1, -0.05) is 20.8 Å². The number of aromatic nitrogens is 2. The maximum atomic E-state index is 4.52. The van der Waals surface area contributed by atoms with Gasteiger partial charge in [0.1, 0.15) is 0 Å². The zero-order chi connectivity index (χ0) is 11.8. The lowest BCUT2D eigenvalue weighted by molar-refractivity contribution is 0.574. The van der Waals surface area contributed by atoms with Crippen LogP contribution in [0.5, 0.6) is 0 Å². The van der Waals surface area contributed by atoms with Crippen molar-refractivity contribution >= 4 is 27.8 Å². The summed E-state index contributed by atoms with van der Waals surface area (Å²) in [5.74, 6) is 0. The van der Waals surface area contributed by atoms with Crippen LogP contribution in [0.15, 0.2) is 10.9 Å². The second-order valence-electron chi connectivity index (χ2n) is 4.57. The Labute approximate surface area is 104 Å². The quantitative estimate of drug-likeness (QED) is 0.888. The normalized spacial score (nSPS) is 11.8. The molecule has 2 aromatic heterocycles. The summed E-state index contributed by atoms with van der Waals surface area (Å²) < 4.78 is 0. The van der Waals surface area contributed by atoms with Gasteiger partial charge in [-0.25, -0.2) is 9.97 Å². The minimum absolute atomic E-state index is 0.0682. The topological polar surface area (TPSA) is 37.8 Å². The van der Waals surface area contributed by atoms with Crippen molar-refractivity contribution in [3.8, 4) is 10.6 Å². The monoisotopic (exact) mass is 253 g/mol. The number of nitrogens with one attached hydrogen (secondary N) is 1.